The van der Waals surface area contributed by atoms with E-state index in [4.69, 9.17) is 4.74 Å². The number of hydrogen-bond acceptors (Lipinski definition) is 4. The molecule has 1 aromatic heterocycles. The van der Waals surface area contributed by atoms with Gasteiger partial charge in [0, 0.05) is 5.38 Å². The molecule has 0 aliphatic rings. The zero-order valence-electron chi connectivity index (χ0n) is 10.9. The summed E-state index contributed by atoms with van der Waals surface area (Å²) in [7, 11) is 0. The van der Waals surface area contributed by atoms with Gasteiger partial charge < -0.3 is 4.74 Å². The predicted molar refractivity (Wildman–Crippen MR) is 76.8 cm³/mol. The van der Waals surface area contributed by atoms with Crippen LogP contribution in [0.15, 0.2) is 35.7 Å². The van der Waals surface area contributed by atoms with Gasteiger partial charge in [0.25, 0.3) is 5.91 Å². The molecule has 0 bridgehead atoms. The Kier molecular flexibility index (Phi) is 4.52. The number of rotatable bonds is 5. The third kappa shape index (κ3) is 4.06. The zero-order chi connectivity index (χ0) is 13.7. The summed E-state index contributed by atoms with van der Waals surface area (Å²) >= 11 is 1.43. The van der Waals surface area contributed by atoms with Gasteiger partial charge in [0.05, 0.1) is 5.69 Å². The first-order chi connectivity index (χ1) is 9.15. The Morgan fingerprint density at radius 3 is 2.74 bits per heavy atom. The van der Waals surface area contributed by atoms with Crippen molar-refractivity contribution >= 4 is 22.4 Å². The summed E-state index contributed by atoms with van der Waals surface area (Å²) in [4.78, 5) is 16.0. The Bertz CT molecular complexity index is 537. The van der Waals surface area contributed by atoms with E-state index < -0.39 is 0 Å². The van der Waals surface area contributed by atoms with Crippen LogP contribution < -0.4 is 10.1 Å². The smallest absolute Gasteiger partial charge is 0.264 e. The summed E-state index contributed by atoms with van der Waals surface area (Å²) in [6, 6.07) is 9.25. The van der Waals surface area contributed by atoms with Gasteiger partial charge in [0.2, 0.25) is 0 Å². The average Bonchev–Trinajstić information content (AvgIpc) is 2.86. The molecule has 2 aromatic rings. The van der Waals surface area contributed by atoms with Crippen molar-refractivity contribution in [1.29, 1.82) is 0 Å². The van der Waals surface area contributed by atoms with Crippen LogP contribution in [0.1, 0.15) is 25.5 Å². The summed E-state index contributed by atoms with van der Waals surface area (Å²) in [6.07, 6.45) is 0. The summed E-state index contributed by atoms with van der Waals surface area (Å²) in [5.41, 5.74) is 0.990. The van der Waals surface area contributed by atoms with Crippen LogP contribution in [0.5, 0.6) is 5.75 Å². The van der Waals surface area contributed by atoms with E-state index in [0.29, 0.717) is 16.8 Å². The molecule has 0 radical (unpaired) electrons. The SMILES string of the molecule is CC(C)c1csc(NC(=O)COc2ccccc2)n1. The number of benzene rings is 1. The normalized spacial score (nSPS) is 10.5. The van der Waals surface area contributed by atoms with Crippen molar-refractivity contribution in [2.75, 3.05) is 11.9 Å². The summed E-state index contributed by atoms with van der Waals surface area (Å²) in [5, 5.41) is 5.30. The first kappa shape index (κ1) is 13.5. The number of amides is 1. The van der Waals surface area contributed by atoms with Crippen LogP contribution in [-0.4, -0.2) is 17.5 Å². The van der Waals surface area contributed by atoms with E-state index in [0.717, 1.165) is 5.69 Å². The maximum Gasteiger partial charge on any atom is 0.264 e. The van der Waals surface area contributed by atoms with Crippen LogP contribution in [0.2, 0.25) is 0 Å². The number of para-hydroxylation sites is 1. The standard InChI is InChI=1S/C14H16N2O2S/c1-10(2)12-9-19-14(15-12)16-13(17)8-18-11-6-4-3-5-7-11/h3-7,9-10H,8H2,1-2H3,(H,15,16,17). The molecule has 0 aliphatic heterocycles. The molecule has 1 N–H and O–H groups in total. The molecular formula is C14H16N2O2S. The number of anilines is 1. The summed E-state index contributed by atoms with van der Waals surface area (Å²) in [6.45, 7) is 4.12. The number of ether oxygens (including phenoxy) is 1. The fourth-order valence-corrected chi connectivity index (χ4v) is 2.32. The highest BCUT2D eigenvalue weighted by atomic mass is 32.1. The fraction of sp³-hybridized carbons (Fsp3) is 0.286. The van der Waals surface area contributed by atoms with E-state index in [9.17, 15) is 4.79 Å². The molecule has 0 saturated carbocycles. The number of nitrogens with one attached hydrogen (secondary N) is 1. The molecule has 0 unspecified atom stereocenters. The van der Waals surface area contributed by atoms with Gasteiger partial charge in [-0.3, -0.25) is 10.1 Å². The molecule has 5 heteroatoms. The number of thiazole rings is 1. The van der Waals surface area contributed by atoms with Gasteiger partial charge in [0.15, 0.2) is 11.7 Å². The lowest BCUT2D eigenvalue weighted by Crippen LogP contribution is -2.20. The summed E-state index contributed by atoms with van der Waals surface area (Å²) in [5.74, 6) is 0.843. The lowest BCUT2D eigenvalue weighted by Gasteiger charge is -2.05. The van der Waals surface area contributed by atoms with E-state index in [1.807, 2.05) is 35.7 Å². The first-order valence-corrected chi connectivity index (χ1v) is 6.96. The molecule has 4 nitrogen and oxygen atoms in total. The van der Waals surface area contributed by atoms with Gasteiger partial charge in [-0.2, -0.15) is 0 Å². The second-order valence-electron chi connectivity index (χ2n) is 4.38. The molecule has 1 heterocycles. The van der Waals surface area contributed by atoms with Gasteiger partial charge in [-0.05, 0) is 18.1 Å². The van der Waals surface area contributed by atoms with Crippen molar-refractivity contribution in [2.24, 2.45) is 0 Å². The molecule has 100 valence electrons. The Hall–Kier alpha value is -1.88. The maximum absolute atomic E-state index is 11.7. The molecule has 1 aromatic carbocycles. The van der Waals surface area contributed by atoms with Gasteiger partial charge in [-0.25, -0.2) is 4.98 Å². The van der Waals surface area contributed by atoms with Crippen LogP contribution in [0, 0.1) is 0 Å². The first-order valence-electron chi connectivity index (χ1n) is 6.08. The zero-order valence-corrected chi connectivity index (χ0v) is 11.7. The van der Waals surface area contributed by atoms with E-state index in [1.54, 1.807) is 0 Å². The van der Waals surface area contributed by atoms with Crippen molar-refractivity contribution < 1.29 is 9.53 Å². The minimum absolute atomic E-state index is 0.0133. The average molecular weight is 276 g/mol. The molecule has 0 fully saturated rings. The number of carbonyl (C=O) groups is 1. The van der Waals surface area contributed by atoms with Gasteiger partial charge >= 0.3 is 0 Å². The lowest BCUT2D eigenvalue weighted by atomic mass is 10.2. The highest BCUT2D eigenvalue weighted by Crippen LogP contribution is 2.21. The number of carbonyl (C=O) groups excluding carboxylic acids is 1. The van der Waals surface area contributed by atoms with Gasteiger partial charge in [0.1, 0.15) is 5.75 Å². The van der Waals surface area contributed by atoms with Crippen LogP contribution in [0.25, 0.3) is 0 Å². The van der Waals surface area contributed by atoms with E-state index in [2.05, 4.69) is 24.1 Å². The monoisotopic (exact) mass is 276 g/mol. The van der Waals surface area contributed by atoms with Crippen LogP contribution in [0.3, 0.4) is 0 Å². The largest absolute Gasteiger partial charge is 0.484 e. The van der Waals surface area contributed by atoms with Crippen molar-refractivity contribution in [3.8, 4) is 5.75 Å². The van der Waals surface area contributed by atoms with Crippen molar-refractivity contribution in [2.45, 2.75) is 19.8 Å². The third-order valence-corrected chi connectivity index (χ3v) is 3.25. The third-order valence-electron chi connectivity index (χ3n) is 2.47. The van der Waals surface area contributed by atoms with E-state index in [-0.39, 0.29) is 12.5 Å². The van der Waals surface area contributed by atoms with E-state index >= 15 is 0 Å². The maximum atomic E-state index is 11.7. The van der Waals surface area contributed by atoms with Crippen LogP contribution in [0.4, 0.5) is 5.13 Å². The summed E-state index contributed by atoms with van der Waals surface area (Å²) < 4.78 is 5.36. The predicted octanol–water partition coefficient (Wildman–Crippen LogP) is 3.28. The molecular weight excluding hydrogens is 260 g/mol. The second-order valence-corrected chi connectivity index (χ2v) is 5.24. The topological polar surface area (TPSA) is 51.2 Å². The van der Waals surface area contributed by atoms with Gasteiger partial charge in [-0.15, -0.1) is 11.3 Å². The Labute approximate surface area is 116 Å². The number of aromatic nitrogens is 1. The highest BCUT2D eigenvalue weighted by Gasteiger charge is 2.09. The molecule has 0 atom stereocenters. The minimum atomic E-state index is -0.200. The molecule has 2 rings (SSSR count). The van der Waals surface area contributed by atoms with Gasteiger partial charge in [-0.1, -0.05) is 32.0 Å². The quantitative estimate of drug-likeness (QED) is 0.911. The van der Waals surface area contributed by atoms with Crippen LogP contribution in [-0.2, 0) is 4.79 Å². The molecule has 0 spiro atoms. The molecule has 0 saturated heterocycles. The minimum Gasteiger partial charge on any atom is -0.484 e. The Morgan fingerprint density at radius 1 is 1.37 bits per heavy atom. The molecule has 19 heavy (non-hydrogen) atoms. The Balaban J connectivity index is 1.84. The van der Waals surface area contributed by atoms with Crippen molar-refractivity contribution in [3.63, 3.8) is 0 Å². The molecule has 1 amide bonds. The van der Waals surface area contributed by atoms with E-state index in [1.165, 1.54) is 11.3 Å². The lowest BCUT2D eigenvalue weighted by molar-refractivity contribution is -0.118. The second kappa shape index (κ2) is 6.33. The Morgan fingerprint density at radius 2 is 2.11 bits per heavy atom. The van der Waals surface area contributed by atoms with Crippen molar-refractivity contribution in [3.05, 3.63) is 41.4 Å². The van der Waals surface area contributed by atoms with Crippen LogP contribution >= 0.6 is 11.3 Å². The van der Waals surface area contributed by atoms with Crippen molar-refractivity contribution in [1.82, 2.24) is 4.98 Å². The fourth-order valence-electron chi connectivity index (χ4n) is 1.43. The number of hydrogen-bond donors (Lipinski definition) is 1. The number of nitrogens with zero attached hydrogens (tertiary/aromatic N) is 1. The highest BCUT2D eigenvalue weighted by molar-refractivity contribution is 7.13. The molecule has 0 aliphatic carbocycles.